The number of aryl methyl sites for hydroxylation is 2. The van der Waals surface area contributed by atoms with Crippen molar-refractivity contribution in [2.75, 3.05) is 0 Å². The Hall–Kier alpha value is -2.61. The number of benzene rings is 1. The van der Waals surface area contributed by atoms with E-state index in [1.165, 1.54) is 6.07 Å². The number of rotatable bonds is 3. The highest BCUT2D eigenvalue weighted by molar-refractivity contribution is 9.10. The molecule has 0 aliphatic rings. The van der Waals surface area contributed by atoms with Crippen molar-refractivity contribution < 1.29 is 14.3 Å². The van der Waals surface area contributed by atoms with Crippen LogP contribution in [0.15, 0.2) is 40.1 Å². The second-order valence-corrected chi connectivity index (χ2v) is 6.03. The highest BCUT2D eigenvalue weighted by atomic mass is 79.9. The van der Waals surface area contributed by atoms with Gasteiger partial charge in [0.05, 0.1) is 11.0 Å². The Bertz CT molecular complexity index is 968. The van der Waals surface area contributed by atoms with E-state index in [4.69, 9.17) is 15.7 Å². The second-order valence-electron chi connectivity index (χ2n) is 5.27. The van der Waals surface area contributed by atoms with Gasteiger partial charge >= 0.3 is 0 Å². The minimum atomic E-state index is -0.444. The average Bonchev–Trinajstić information content (AvgIpc) is 2.85. The van der Waals surface area contributed by atoms with Gasteiger partial charge in [-0.2, -0.15) is 0 Å². The van der Waals surface area contributed by atoms with Gasteiger partial charge in [-0.1, -0.05) is 17.3 Å². The fourth-order valence-corrected chi connectivity index (χ4v) is 2.62. The lowest BCUT2D eigenvalue weighted by molar-refractivity contribution is 0.318. The minimum absolute atomic E-state index is 0.00967. The predicted molar refractivity (Wildman–Crippen MR) is 92.1 cm³/mol. The molecule has 2 heterocycles. The molecule has 0 spiro atoms. The van der Waals surface area contributed by atoms with Crippen molar-refractivity contribution in [3.63, 3.8) is 0 Å². The molecule has 3 aromatic rings. The lowest BCUT2D eigenvalue weighted by atomic mass is 10.1. The van der Waals surface area contributed by atoms with Crippen LogP contribution < -0.4 is 10.5 Å². The van der Waals surface area contributed by atoms with Crippen molar-refractivity contribution in [2.24, 2.45) is 17.9 Å². The van der Waals surface area contributed by atoms with Crippen LogP contribution in [0, 0.1) is 12.7 Å². The number of aromatic nitrogens is 2. The Kier molecular flexibility index (Phi) is 4.15. The van der Waals surface area contributed by atoms with Crippen molar-refractivity contribution in [3.05, 3.63) is 51.9 Å². The molecule has 0 saturated carbocycles. The van der Waals surface area contributed by atoms with E-state index in [0.717, 1.165) is 5.56 Å². The van der Waals surface area contributed by atoms with Crippen LogP contribution in [-0.2, 0) is 7.05 Å². The minimum Gasteiger partial charge on any atom is -0.440 e. The number of hydrogen-bond donors (Lipinski definition) is 2. The first-order valence-electron chi connectivity index (χ1n) is 6.98. The summed E-state index contributed by atoms with van der Waals surface area (Å²) in [5.41, 5.74) is 8.23. The molecule has 3 rings (SSSR count). The van der Waals surface area contributed by atoms with Crippen molar-refractivity contribution in [1.82, 2.24) is 9.55 Å². The van der Waals surface area contributed by atoms with Gasteiger partial charge in [0, 0.05) is 24.7 Å². The van der Waals surface area contributed by atoms with Gasteiger partial charge in [-0.15, -0.1) is 0 Å². The van der Waals surface area contributed by atoms with Crippen molar-refractivity contribution in [2.45, 2.75) is 6.92 Å². The van der Waals surface area contributed by atoms with Gasteiger partial charge in [-0.3, -0.25) is 0 Å². The molecule has 0 saturated heterocycles. The summed E-state index contributed by atoms with van der Waals surface area (Å²) >= 11 is 3.08. The zero-order valence-corrected chi connectivity index (χ0v) is 14.5. The van der Waals surface area contributed by atoms with Crippen LogP contribution >= 0.6 is 15.9 Å². The summed E-state index contributed by atoms with van der Waals surface area (Å²) in [6, 6.07) is 8.31. The zero-order chi connectivity index (χ0) is 17.4. The number of halogens is 2. The first-order chi connectivity index (χ1) is 11.4. The van der Waals surface area contributed by atoms with Gasteiger partial charge in [0.25, 0.3) is 0 Å². The molecule has 0 unspecified atom stereocenters. The van der Waals surface area contributed by atoms with Crippen LogP contribution in [0.4, 0.5) is 4.39 Å². The number of nitrogens with two attached hydrogens (primary N) is 1. The number of hydrogen-bond acceptors (Lipinski definition) is 4. The molecule has 0 radical (unpaired) electrons. The molecule has 0 fully saturated rings. The van der Waals surface area contributed by atoms with Gasteiger partial charge in [0.1, 0.15) is 10.4 Å². The SMILES string of the molecule is Cc1ccc(/C(N)=N/O)cc1Oc1cc2nc(Br)c(F)cc2n1C. The number of amidine groups is 1. The van der Waals surface area contributed by atoms with Crippen LogP contribution in [0.2, 0.25) is 0 Å². The van der Waals surface area contributed by atoms with Crippen LogP contribution in [0.25, 0.3) is 11.0 Å². The summed E-state index contributed by atoms with van der Waals surface area (Å²) in [7, 11) is 1.76. The van der Waals surface area contributed by atoms with Crippen LogP contribution in [0.3, 0.4) is 0 Å². The lowest BCUT2D eigenvalue weighted by Crippen LogP contribution is -2.13. The van der Waals surface area contributed by atoms with Crippen molar-refractivity contribution >= 4 is 32.8 Å². The highest BCUT2D eigenvalue weighted by Crippen LogP contribution is 2.31. The largest absolute Gasteiger partial charge is 0.440 e. The van der Waals surface area contributed by atoms with Crippen LogP contribution in [-0.4, -0.2) is 20.6 Å². The van der Waals surface area contributed by atoms with Crippen LogP contribution in [0.5, 0.6) is 11.6 Å². The van der Waals surface area contributed by atoms with E-state index < -0.39 is 5.82 Å². The van der Waals surface area contributed by atoms with Gasteiger partial charge in [0.15, 0.2) is 11.7 Å². The van der Waals surface area contributed by atoms with Gasteiger partial charge in [0.2, 0.25) is 5.88 Å². The topological polar surface area (TPSA) is 85.7 Å². The molecule has 0 aliphatic carbocycles. The van der Waals surface area contributed by atoms with E-state index in [1.807, 2.05) is 6.92 Å². The third-order valence-corrected chi connectivity index (χ3v) is 4.26. The third kappa shape index (κ3) is 2.80. The molecular weight excluding hydrogens is 379 g/mol. The van der Waals surface area contributed by atoms with E-state index in [1.54, 1.807) is 35.9 Å². The summed E-state index contributed by atoms with van der Waals surface area (Å²) < 4.78 is 21.5. The smallest absolute Gasteiger partial charge is 0.202 e. The maximum Gasteiger partial charge on any atom is 0.202 e. The monoisotopic (exact) mass is 392 g/mol. The predicted octanol–water partition coefficient (Wildman–Crippen LogP) is 3.67. The molecule has 124 valence electrons. The zero-order valence-electron chi connectivity index (χ0n) is 12.9. The highest BCUT2D eigenvalue weighted by Gasteiger charge is 2.14. The Morgan fingerprint density at radius 3 is 2.83 bits per heavy atom. The summed E-state index contributed by atoms with van der Waals surface area (Å²) in [4.78, 5) is 4.15. The maximum atomic E-state index is 13.7. The Labute approximate surface area is 145 Å². The second kappa shape index (κ2) is 6.12. The standard InChI is InChI=1S/C16H14BrFN4O2/c1-8-3-4-9(16(19)21-23)5-13(8)24-14-7-11-12(22(14)2)6-10(18)15(17)20-11/h3-7,23H,1-2H3,(H2,19,21). The normalized spacial score (nSPS) is 11.9. The third-order valence-electron chi connectivity index (χ3n) is 3.70. The molecule has 1 aromatic carbocycles. The number of nitrogens with zero attached hydrogens (tertiary/aromatic N) is 3. The number of oxime groups is 1. The molecule has 2 aromatic heterocycles. The maximum absolute atomic E-state index is 13.7. The Morgan fingerprint density at radius 2 is 2.12 bits per heavy atom. The van der Waals surface area contributed by atoms with Gasteiger partial charge in [-0.25, -0.2) is 9.37 Å². The number of pyridine rings is 1. The van der Waals surface area contributed by atoms with Gasteiger partial charge in [-0.05, 0) is 34.5 Å². The molecule has 0 aliphatic heterocycles. The Morgan fingerprint density at radius 1 is 1.38 bits per heavy atom. The summed E-state index contributed by atoms with van der Waals surface area (Å²) in [5, 5.41) is 11.8. The first-order valence-corrected chi connectivity index (χ1v) is 7.78. The van der Waals surface area contributed by atoms with E-state index in [0.29, 0.717) is 28.2 Å². The molecule has 24 heavy (non-hydrogen) atoms. The molecular formula is C16H14BrFN4O2. The average molecular weight is 393 g/mol. The molecule has 8 heteroatoms. The molecule has 3 N–H and O–H groups in total. The summed E-state index contributed by atoms with van der Waals surface area (Å²) in [6.45, 7) is 1.88. The molecule has 6 nitrogen and oxygen atoms in total. The molecule has 0 amide bonds. The van der Waals surface area contributed by atoms with E-state index in [9.17, 15) is 4.39 Å². The summed E-state index contributed by atoms with van der Waals surface area (Å²) in [6.07, 6.45) is 0. The summed E-state index contributed by atoms with van der Waals surface area (Å²) in [5.74, 6) is 0.587. The van der Waals surface area contributed by atoms with Gasteiger partial charge < -0.3 is 20.2 Å². The van der Waals surface area contributed by atoms with Crippen LogP contribution in [0.1, 0.15) is 11.1 Å². The number of fused-ring (bicyclic) bond motifs is 1. The fourth-order valence-electron chi connectivity index (χ4n) is 2.32. The fraction of sp³-hybridized carbons (Fsp3) is 0.125. The molecule has 0 atom stereocenters. The molecule has 0 bridgehead atoms. The van der Waals surface area contributed by atoms with E-state index in [-0.39, 0.29) is 10.4 Å². The Balaban J connectivity index is 2.05. The van der Waals surface area contributed by atoms with Crippen molar-refractivity contribution in [1.29, 1.82) is 0 Å². The lowest BCUT2D eigenvalue weighted by Gasteiger charge is -2.11. The quantitative estimate of drug-likeness (QED) is 0.234. The first kappa shape index (κ1) is 16.3. The van der Waals surface area contributed by atoms with E-state index >= 15 is 0 Å². The van der Waals surface area contributed by atoms with E-state index in [2.05, 4.69) is 26.1 Å². The van der Waals surface area contributed by atoms with Crippen molar-refractivity contribution in [3.8, 4) is 11.6 Å². The number of ether oxygens (including phenoxy) is 1.